The van der Waals surface area contributed by atoms with E-state index < -0.39 is 0 Å². The molecule has 1 heterocycles. The summed E-state index contributed by atoms with van der Waals surface area (Å²) in [4.78, 5) is 10.4. The van der Waals surface area contributed by atoms with Crippen LogP contribution >= 0.6 is 0 Å². The molecule has 0 unspecified atom stereocenters. The van der Waals surface area contributed by atoms with E-state index in [1.54, 1.807) is 0 Å². The lowest BCUT2D eigenvalue weighted by Gasteiger charge is -2.13. The zero-order valence-electron chi connectivity index (χ0n) is 30.7. The standard InChI is InChI=1S/C54H36N2/c1-2-14-37(15-3-1)39-18-8-19-40(32-39)41-20-9-21-42(33-41)43-22-10-23-44(34-43)45-24-11-27-48(35-45)54-55-52-31-7-6-29-51(52)53(56-54)47-26-12-25-46(36-47)50-30-13-17-38-16-4-5-28-49(38)50/h1-36H. The molecule has 2 heteroatoms. The van der Waals surface area contributed by atoms with Gasteiger partial charge in [-0.2, -0.15) is 0 Å². The third-order valence-electron chi connectivity index (χ3n) is 10.7. The van der Waals surface area contributed by atoms with Crippen LogP contribution in [0.1, 0.15) is 0 Å². The van der Waals surface area contributed by atoms with Crippen LogP contribution in [0.15, 0.2) is 218 Å². The van der Waals surface area contributed by atoms with Crippen molar-refractivity contribution in [2.75, 3.05) is 0 Å². The number of hydrogen-bond donors (Lipinski definition) is 0. The van der Waals surface area contributed by atoms with Crippen molar-refractivity contribution >= 4 is 21.7 Å². The monoisotopic (exact) mass is 712 g/mol. The summed E-state index contributed by atoms with van der Waals surface area (Å²) in [7, 11) is 0. The maximum atomic E-state index is 5.29. The summed E-state index contributed by atoms with van der Waals surface area (Å²) in [5.41, 5.74) is 15.7. The van der Waals surface area contributed by atoms with Gasteiger partial charge in [0.15, 0.2) is 5.82 Å². The molecule has 0 aliphatic heterocycles. The fourth-order valence-electron chi connectivity index (χ4n) is 7.84. The van der Waals surface area contributed by atoms with Crippen molar-refractivity contribution in [1.29, 1.82) is 0 Å². The summed E-state index contributed by atoms with van der Waals surface area (Å²) < 4.78 is 0. The highest BCUT2D eigenvalue weighted by Crippen LogP contribution is 2.36. The number of fused-ring (bicyclic) bond motifs is 2. The van der Waals surface area contributed by atoms with Gasteiger partial charge >= 0.3 is 0 Å². The van der Waals surface area contributed by atoms with Crippen LogP contribution in [0, 0.1) is 0 Å². The third kappa shape index (κ3) is 6.44. The van der Waals surface area contributed by atoms with E-state index in [-0.39, 0.29) is 0 Å². The van der Waals surface area contributed by atoms with Crippen molar-refractivity contribution in [1.82, 2.24) is 9.97 Å². The largest absolute Gasteiger partial charge is 0.228 e. The molecule has 0 aliphatic carbocycles. The molecule has 0 spiro atoms. The molecule has 0 amide bonds. The second kappa shape index (κ2) is 14.4. The van der Waals surface area contributed by atoms with Crippen LogP contribution in [-0.2, 0) is 0 Å². The molecule has 0 N–H and O–H groups in total. The highest BCUT2D eigenvalue weighted by molar-refractivity contribution is 5.99. The second-order valence-corrected chi connectivity index (χ2v) is 14.2. The minimum atomic E-state index is 0.706. The predicted octanol–water partition coefficient (Wildman–Crippen LogP) is 14.5. The van der Waals surface area contributed by atoms with Gasteiger partial charge in [0.1, 0.15) is 0 Å². The Hall–Kier alpha value is -7.42. The van der Waals surface area contributed by atoms with Gasteiger partial charge in [0.25, 0.3) is 0 Å². The molecule has 0 atom stereocenters. The van der Waals surface area contributed by atoms with E-state index in [0.717, 1.165) is 44.4 Å². The van der Waals surface area contributed by atoms with E-state index in [4.69, 9.17) is 9.97 Å². The SMILES string of the molecule is c1ccc(-c2cccc(-c3cccc(-c4cccc(-c5cccc(-c6nc(-c7cccc(-c8cccc9ccccc89)c7)c7ccccc7n6)c5)c4)c3)c2)cc1. The lowest BCUT2D eigenvalue weighted by atomic mass is 9.94. The zero-order chi connectivity index (χ0) is 37.3. The van der Waals surface area contributed by atoms with E-state index in [0.29, 0.717) is 5.82 Å². The van der Waals surface area contributed by atoms with Crippen LogP contribution in [0.2, 0.25) is 0 Å². The second-order valence-electron chi connectivity index (χ2n) is 14.2. The quantitative estimate of drug-likeness (QED) is 0.164. The van der Waals surface area contributed by atoms with E-state index in [1.165, 1.54) is 49.7 Å². The molecule has 56 heavy (non-hydrogen) atoms. The first-order chi connectivity index (χ1) is 27.7. The highest BCUT2D eigenvalue weighted by atomic mass is 14.9. The van der Waals surface area contributed by atoms with Crippen molar-refractivity contribution in [3.05, 3.63) is 218 Å². The van der Waals surface area contributed by atoms with Crippen molar-refractivity contribution < 1.29 is 0 Å². The van der Waals surface area contributed by atoms with Crippen LogP contribution in [0.4, 0.5) is 0 Å². The van der Waals surface area contributed by atoms with Crippen molar-refractivity contribution in [2.24, 2.45) is 0 Å². The molecule has 0 bridgehead atoms. The number of rotatable bonds is 7. The van der Waals surface area contributed by atoms with Gasteiger partial charge in [-0.05, 0) is 103 Å². The number of nitrogens with zero attached hydrogens (tertiary/aromatic N) is 2. The van der Waals surface area contributed by atoms with Gasteiger partial charge in [0, 0.05) is 16.5 Å². The van der Waals surface area contributed by atoms with Crippen LogP contribution in [0.5, 0.6) is 0 Å². The topological polar surface area (TPSA) is 25.8 Å². The van der Waals surface area contributed by atoms with Crippen LogP contribution in [0.3, 0.4) is 0 Å². The Bertz CT molecular complexity index is 3030. The summed E-state index contributed by atoms with van der Waals surface area (Å²) in [5, 5.41) is 3.50. The molecular formula is C54H36N2. The van der Waals surface area contributed by atoms with E-state index in [2.05, 4.69) is 212 Å². The number of para-hydroxylation sites is 1. The Morgan fingerprint density at radius 3 is 1.30 bits per heavy atom. The summed E-state index contributed by atoms with van der Waals surface area (Å²) >= 11 is 0. The van der Waals surface area contributed by atoms with Crippen molar-refractivity contribution in [2.45, 2.75) is 0 Å². The van der Waals surface area contributed by atoms with Gasteiger partial charge in [0.05, 0.1) is 11.2 Å². The average Bonchev–Trinajstić information content (AvgIpc) is 3.29. The fourth-order valence-corrected chi connectivity index (χ4v) is 7.84. The van der Waals surface area contributed by atoms with Crippen LogP contribution in [0.25, 0.3) is 100.0 Å². The molecule has 0 saturated carbocycles. The molecule has 9 aromatic carbocycles. The smallest absolute Gasteiger partial charge is 0.160 e. The first-order valence-corrected chi connectivity index (χ1v) is 19.1. The number of benzene rings is 9. The minimum absolute atomic E-state index is 0.706. The van der Waals surface area contributed by atoms with Crippen molar-refractivity contribution in [3.8, 4) is 78.3 Å². The Kier molecular flexibility index (Phi) is 8.55. The summed E-state index contributed by atoms with van der Waals surface area (Å²) in [6, 6.07) is 77.7. The fraction of sp³-hybridized carbons (Fsp3) is 0. The summed E-state index contributed by atoms with van der Waals surface area (Å²) in [6.07, 6.45) is 0. The predicted molar refractivity (Wildman–Crippen MR) is 235 cm³/mol. The average molecular weight is 713 g/mol. The third-order valence-corrected chi connectivity index (χ3v) is 10.7. The molecule has 0 aliphatic rings. The summed E-state index contributed by atoms with van der Waals surface area (Å²) in [5.74, 6) is 0.706. The highest BCUT2D eigenvalue weighted by Gasteiger charge is 2.14. The molecule has 262 valence electrons. The Labute approximate surface area is 327 Å². The number of aromatic nitrogens is 2. The van der Waals surface area contributed by atoms with E-state index in [1.807, 2.05) is 6.07 Å². The lowest BCUT2D eigenvalue weighted by Crippen LogP contribution is -1.96. The Balaban J connectivity index is 0.999. The molecular weight excluding hydrogens is 677 g/mol. The molecule has 10 aromatic rings. The Morgan fingerprint density at radius 1 is 0.250 bits per heavy atom. The zero-order valence-corrected chi connectivity index (χ0v) is 30.7. The van der Waals surface area contributed by atoms with Crippen molar-refractivity contribution in [3.63, 3.8) is 0 Å². The molecule has 0 fully saturated rings. The van der Waals surface area contributed by atoms with Gasteiger partial charge in [-0.1, -0.05) is 182 Å². The molecule has 2 nitrogen and oxygen atoms in total. The van der Waals surface area contributed by atoms with Gasteiger partial charge in [-0.3, -0.25) is 0 Å². The van der Waals surface area contributed by atoms with Gasteiger partial charge in [-0.25, -0.2) is 9.97 Å². The maximum Gasteiger partial charge on any atom is 0.160 e. The van der Waals surface area contributed by atoms with Gasteiger partial charge in [0.2, 0.25) is 0 Å². The molecule has 0 radical (unpaired) electrons. The normalized spacial score (nSPS) is 11.2. The minimum Gasteiger partial charge on any atom is -0.228 e. The molecule has 0 saturated heterocycles. The Morgan fingerprint density at radius 2 is 0.661 bits per heavy atom. The van der Waals surface area contributed by atoms with E-state index in [9.17, 15) is 0 Å². The lowest BCUT2D eigenvalue weighted by molar-refractivity contribution is 1.23. The number of hydrogen-bond acceptors (Lipinski definition) is 2. The van der Waals surface area contributed by atoms with Crippen LogP contribution < -0.4 is 0 Å². The summed E-state index contributed by atoms with van der Waals surface area (Å²) in [6.45, 7) is 0. The van der Waals surface area contributed by atoms with E-state index >= 15 is 0 Å². The van der Waals surface area contributed by atoms with Crippen LogP contribution in [-0.4, -0.2) is 9.97 Å². The first-order valence-electron chi connectivity index (χ1n) is 19.1. The van der Waals surface area contributed by atoms with Gasteiger partial charge < -0.3 is 0 Å². The molecule has 1 aromatic heterocycles. The maximum absolute atomic E-state index is 5.29. The molecule has 10 rings (SSSR count). The van der Waals surface area contributed by atoms with Gasteiger partial charge in [-0.15, -0.1) is 0 Å². The first kappa shape index (κ1) is 33.2.